The molecule has 0 amide bonds. The molecule has 1 aromatic heterocycles. The Hall–Kier alpha value is -2.33. The van der Waals surface area contributed by atoms with Gasteiger partial charge in [0.2, 0.25) is 0 Å². The van der Waals surface area contributed by atoms with Gasteiger partial charge in [-0.25, -0.2) is 4.79 Å². The predicted octanol–water partition coefficient (Wildman–Crippen LogP) is 5.42. The molecule has 27 heavy (non-hydrogen) atoms. The Labute approximate surface area is 163 Å². The summed E-state index contributed by atoms with van der Waals surface area (Å²) in [7, 11) is 0. The Bertz CT molecular complexity index is 1000. The lowest BCUT2D eigenvalue weighted by molar-refractivity contribution is 0.101. The van der Waals surface area contributed by atoms with E-state index < -0.39 is 5.63 Å². The highest BCUT2D eigenvalue weighted by atomic mass is 32.2. The van der Waals surface area contributed by atoms with Crippen LogP contribution in [-0.2, 0) is 18.6 Å². The average molecular weight is 381 g/mol. The first-order valence-electron chi connectivity index (χ1n) is 9.19. The van der Waals surface area contributed by atoms with E-state index >= 15 is 0 Å². The Kier molecular flexibility index (Phi) is 6.17. The van der Waals surface area contributed by atoms with Crippen molar-refractivity contribution < 1.29 is 9.21 Å². The lowest BCUT2D eigenvalue weighted by atomic mass is 10.0. The maximum atomic E-state index is 11.8. The Morgan fingerprint density at radius 3 is 2.26 bits per heavy atom. The van der Waals surface area contributed by atoms with Crippen molar-refractivity contribution >= 4 is 28.5 Å². The molecule has 4 heteroatoms. The Morgan fingerprint density at radius 1 is 0.963 bits per heavy atom. The van der Waals surface area contributed by atoms with Crippen molar-refractivity contribution in [2.45, 2.75) is 44.6 Å². The van der Waals surface area contributed by atoms with Crippen molar-refractivity contribution in [3.63, 3.8) is 0 Å². The van der Waals surface area contributed by atoms with E-state index in [1.54, 1.807) is 6.07 Å². The number of hydrogen-bond donors (Lipinski definition) is 0. The second-order valence-electron chi connectivity index (χ2n) is 7.05. The molecule has 0 atom stereocenters. The van der Waals surface area contributed by atoms with E-state index in [0.717, 1.165) is 29.5 Å². The molecule has 0 spiro atoms. The molecular formula is C23H24O3S. The van der Waals surface area contributed by atoms with E-state index in [2.05, 4.69) is 38.1 Å². The van der Waals surface area contributed by atoms with Crippen LogP contribution in [0.2, 0.25) is 0 Å². The fraction of sp³-hybridized carbons (Fsp3) is 0.304. The largest absolute Gasteiger partial charge is 0.422 e. The normalized spacial score (nSPS) is 11.3. The number of carbonyl (C=O) groups excluding carboxylic acids is 1. The summed E-state index contributed by atoms with van der Waals surface area (Å²) < 4.78 is 5.25. The summed E-state index contributed by atoms with van der Waals surface area (Å²) in [6.45, 7) is 5.81. The average Bonchev–Trinajstić information content (AvgIpc) is 2.64. The third-order valence-corrected chi connectivity index (χ3v) is 5.65. The van der Waals surface area contributed by atoms with Gasteiger partial charge in [0.1, 0.15) is 11.1 Å². The lowest BCUT2D eigenvalue weighted by Gasteiger charge is -2.07. The summed E-state index contributed by atoms with van der Waals surface area (Å²) in [6.07, 6.45) is 1.84. The van der Waals surface area contributed by atoms with Crippen LogP contribution >= 0.6 is 11.8 Å². The van der Waals surface area contributed by atoms with Crippen molar-refractivity contribution in [3.8, 4) is 0 Å². The molecule has 0 fully saturated rings. The van der Waals surface area contributed by atoms with Crippen LogP contribution < -0.4 is 5.63 Å². The van der Waals surface area contributed by atoms with Gasteiger partial charge in [-0.3, -0.25) is 4.79 Å². The zero-order valence-corrected chi connectivity index (χ0v) is 16.8. The maximum absolute atomic E-state index is 11.8. The smallest absolute Gasteiger partial charge is 0.347 e. The first-order valence-corrected chi connectivity index (χ1v) is 10.2. The van der Waals surface area contributed by atoms with Gasteiger partial charge in [0, 0.05) is 11.1 Å². The molecular weight excluding hydrogens is 356 g/mol. The molecule has 3 rings (SSSR count). The first-order chi connectivity index (χ1) is 12.9. The number of Topliss-reactive ketones (excluding diaryl/α,β-unsaturated/α-hetero) is 1. The third kappa shape index (κ3) is 5.10. The minimum absolute atomic E-state index is 0.106. The summed E-state index contributed by atoms with van der Waals surface area (Å²) in [5, 5.41) is 1.43. The maximum Gasteiger partial charge on any atom is 0.347 e. The number of fused-ring (bicyclic) bond motifs is 1. The summed E-state index contributed by atoms with van der Waals surface area (Å²) in [5.74, 6) is 0.776. The molecule has 140 valence electrons. The quantitative estimate of drug-likeness (QED) is 0.405. The Morgan fingerprint density at radius 2 is 1.59 bits per heavy atom. The van der Waals surface area contributed by atoms with E-state index in [1.165, 1.54) is 18.1 Å². The monoisotopic (exact) mass is 380 g/mol. The molecule has 0 N–H and O–H groups in total. The zero-order valence-electron chi connectivity index (χ0n) is 16.0. The second-order valence-corrected chi connectivity index (χ2v) is 8.62. The number of carbonyl (C=O) groups is 1. The summed E-state index contributed by atoms with van der Waals surface area (Å²) >= 11 is 1.95. The van der Waals surface area contributed by atoms with E-state index in [4.69, 9.17) is 4.42 Å². The highest BCUT2D eigenvalue weighted by Crippen LogP contribution is 2.20. The lowest BCUT2D eigenvalue weighted by Crippen LogP contribution is -2.11. The molecule has 0 saturated carbocycles. The van der Waals surface area contributed by atoms with Crippen LogP contribution in [0, 0.1) is 0 Å². The minimum atomic E-state index is -0.571. The van der Waals surface area contributed by atoms with Crippen molar-refractivity contribution in [1.82, 2.24) is 0 Å². The number of rotatable bonds is 7. The molecule has 0 bridgehead atoms. The predicted molar refractivity (Wildman–Crippen MR) is 113 cm³/mol. The van der Waals surface area contributed by atoms with E-state index in [0.29, 0.717) is 10.8 Å². The van der Waals surface area contributed by atoms with Crippen molar-refractivity contribution in [2.75, 3.05) is 0 Å². The van der Waals surface area contributed by atoms with Crippen molar-refractivity contribution in [3.05, 3.63) is 81.2 Å². The van der Waals surface area contributed by atoms with Crippen LogP contribution in [0.3, 0.4) is 0 Å². The first kappa shape index (κ1) is 19.4. The number of hydrogen-bond acceptors (Lipinski definition) is 4. The van der Waals surface area contributed by atoms with Gasteiger partial charge in [-0.1, -0.05) is 44.2 Å². The van der Waals surface area contributed by atoms with Crippen LogP contribution in [0.5, 0.6) is 0 Å². The molecule has 0 aliphatic heterocycles. The van der Waals surface area contributed by atoms with Gasteiger partial charge in [-0.15, -0.1) is 0 Å². The van der Waals surface area contributed by atoms with Crippen molar-refractivity contribution in [2.24, 2.45) is 0 Å². The van der Waals surface area contributed by atoms with Crippen LogP contribution in [-0.4, -0.2) is 11.0 Å². The van der Waals surface area contributed by atoms with Gasteiger partial charge in [-0.2, -0.15) is 11.8 Å². The number of thioether (sulfide) groups is 1. The summed E-state index contributed by atoms with van der Waals surface area (Å²) in [6, 6.07) is 16.2. The van der Waals surface area contributed by atoms with Gasteiger partial charge >= 0.3 is 5.63 Å². The number of ketones is 1. The van der Waals surface area contributed by atoms with Crippen molar-refractivity contribution in [1.29, 1.82) is 0 Å². The fourth-order valence-corrected chi connectivity index (χ4v) is 3.65. The topological polar surface area (TPSA) is 47.3 Å². The highest BCUT2D eigenvalue weighted by Gasteiger charge is 2.10. The fourth-order valence-electron chi connectivity index (χ4n) is 2.93. The van der Waals surface area contributed by atoms with E-state index in [1.807, 2.05) is 30.0 Å². The molecule has 0 aliphatic carbocycles. The third-order valence-electron chi connectivity index (χ3n) is 4.48. The molecule has 0 saturated heterocycles. The minimum Gasteiger partial charge on any atom is -0.422 e. The van der Waals surface area contributed by atoms with Gasteiger partial charge in [0.25, 0.3) is 0 Å². The second kappa shape index (κ2) is 8.57. The molecule has 3 aromatic rings. The number of aryl methyl sites for hydroxylation is 2. The molecule has 0 aliphatic rings. The highest BCUT2D eigenvalue weighted by molar-refractivity contribution is 7.99. The Balaban J connectivity index is 1.70. The SMILES string of the molecule is CC(=O)c1cc2cc(CCc3ccc(CSC(C)C)cc3)ccc2oc1=O. The van der Waals surface area contributed by atoms with Gasteiger partial charge in [-0.05, 0) is 59.9 Å². The van der Waals surface area contributed by atoms with Gasteiger partial charge in [0.05, 0.1) is 0 Å². The van der Waals surface area contributed by atoms with E-state index in [-0.39, 0.29) is 11.3 Å². The van der Waals surface area contributed by atoms with Gasteiger partial charge < -0.3 is 4.42 Å². The zero-order chi connectivity index (χ0) is 19.4. The molecule has 3 nitrogen and oxygen atoms in total. The van der Waals surface area contributed by atoms with Crippen LogP contribution in [0.4, 0.5) is 0 Å². The van der Waals surface area contributed by atoms with Gasteiger partial charge in [0.15, 0.2) is 5.78 Å². The molecule has 0 unspecified atom stereocenters. The number of benzene rings is 2. The summed E-state index contributed by atoms with van der Waals surface area (Å²) in [5.41, 5.74) is 3.87. The molecule has 0 radical (unpaired) electrons. The van der Waals surface area contributed by atoms with Crippen LogP contribution in [0.15, 0.2) is 57.7 Å². The molecule has 2 aromatic carbocycles. The molecule has 1 heterocycles. The standard InChI is InChI=1S/C23H24O3S/c1-15(2)27-14-19-8-5-17(6-9-19)4-7-18-10-11-22-20(12-18)13-21(16(3)24)23(25)26-22/h5-6,8-13,15H,4,7,14H2,1-3H3. The van der Waals surface area contributed by atoms with Crippen LogP contribution in [0.1, 0.15) is 47.8 Å². The van der Waals surface area contributed by atoms with Crippen LogP contribution in [0.25, 0.3) is 11.0 Å². The van der Waals surface area contributed by atoms with E-state index in [9.17, 15) is 9.59 Å². The summed E-state index contributed by atoms with van der Waals surface area (Å²) in [4.78, 5) is 23.3.